The van der Waals surface area contributed by atoms with Crippen molar-refractivity contribution in [3.8, 4) is 5.88 Å². The predicted octanol–water partition coefficient (Wildman–Crippen LogP) is 1.29. The molecule has 0 unspecified atom stereocenters. The normalized spacial score (nSPS) is 11.0. The number of nitrogens with one attached hydrogen (secondary N) is 1. The molecule has 0 amide bonds. The van der Waals surface area contributed by atoms with Crippen LogP contribution >= 0.6 is 0 Å². The minimum atomic E-state index is -5.24. The average molecular weight is 310 g/mol. The summed E-state index contributed by atoms with van der Waals surface area (Å²) in [7, 11) is 0. The van der Waals surface area contributed by atoms with Gasteiger partial charge in [-0.1, -0.05) is 0 Å². The molecule has 0 saturated carbocycles. The van der Waals surface area contributed by atoms with Crippen LogP contribution in [0.25, 0.3) is 0 Å². The summed E-state index contributed by atoms with van der Waals surface area (Å²) in [5.74, 6) is -2.32. The number of carbonyl (C=O) groups is 1. The van der Waals surface area contributed by atoms with Crippen LogP contribution in [-0.4, -0.2) is 28.8 Å². The van der Waals surface area contributed by atoms with Gasteiger partial charge in [0.25, 0.3) is 11.4 Å². The molecule has 21 heavy (non-hydrogen) atoms. The molecule has 0 aliphatic rings. The van der Waals surface area contributed by atoms with E-state index in [0.717, 1.165) is 0 Å². The van der Waals surface area contributed by atoms with Crippen LogP contribution in [0, 0.1) is 10.1 Å². The largest absolute Gasteiger partial charge is 0.574 e. The summed E-state index contributed by atoms with van der Waals surface area (Å²) in [6.45, 7) is 1.45. The number of nitrogens with zero attached hydrogens (tertiary/aromatic N) is 1. The van der Waals surface area contributed by atoms with E-state index in [1.54, 1.807) is 4.98 Å². The second kappa shape index (κ2) is 6.24. The minimum absolute atomic E-state index is 0.0261. The molecular formula is C10H9F3N2O6. The first-order valence-corrected chi connectivity index (χ1v) is 5.46. The molecule has 8 nitrogen and oxygen atoms in total. The van der Waals surface area contributed by atoms with E-state index in [1.165, 1.54) is 6.92 Å². The predicted molar refractivity (Wildman–Crippen MR) is 60.7 cm³/mol. The zero-order valence-electron chi connectivity index (χ0n) is 10.5. The quantitative estimate of drug-likeness (QED) is 0.498. The highest BCUT2D eigenvalue weighted by atomic mass is 19.4. The number of esters is 1. The van der Waals surface area contributed by atoms with Crippen molar-refractivity contribution in [1.29, 1.82) is 0 Å². The highest BCUT2D eigenvalue weighted by Crippen LogP contribution is 2.31. The lowest BCUT2D eigenvalue weighted by atomic mass is 10.1. The van der Waals surface area contributed by atoms with E-state index in [0.29, 0.717) is 6.07 Å². The van der Waals surface area contributed by atoms with Gasteiger partial charge in [0.2, 0.25) is 0 Å². The fraction of sp³-hybridized carbons (Fsp3) is 0.400. The van der Waals surface area contributed by atoms with E-state index < -0.39 is 46.4 Å². The number of aromatic amines is 1. The number of halogens is 3. The molecule has 11 heteroatoms. The van der Waals surface area contributed by atoms with Crippen molar-refractivity contribution in [2.24, 2.45) is 0 Å². The second-order valence-electron chi connectivity index (χ2n) is 3.62. The number of aromatic nitrogens is 1. The van der Waals surface area contributed by atoms with Gasteiger partial charge in [0, 0.05) is 6.07 Å². The third-order valence-electron chi connectivity index (χ3n) is 2.10. The lowest BCUT2D eigenvalue weighted by molar-refractivity contribution is -0.389. The lowest BCUT2D eigenvalue weighted by Gasteiger charge is -2.10. The van der Waals surface area contributed by atoms with Crippen LogP contribution < -0.4 is 10.3 Å². The standard InChI is InChI=1S/C10H9F3N2O6/c1-2-20-7(17)4-5-3-6(16)14-9(8(5)15(18)19)21-10(11,12)13/h3H,2,4H2,1H3,(H,14,16). The van der Waals surface area contributed by atoms with Gasteiger partial charge in [0.05, 0.1) is 23.5 Å². The number of H-pyrrole nitrogens is 1. The Labute approximate surface area is 114 Å². The Morgan fingerprint density at radius 2 is 2.10 bits per heavy atom. The van der Waals surface area contributed by atoms with Gasteiger partial charge >= 0.3 is 18.0 Å². The van der Waals surface area contributed by atoms with E-state index in [9.17, 15) is 32.9 Å². The first-order chi connectivity index (χ1) is 9.64. The molecule has 0 bridgehead atoms. The van der Waals surface area contributed by atoms with Gasteiger partial charge in [0.1, 0.15) is 0 Å². The maximum Gasteiger partial charge on any atom is 0.574 e. The Bertz CT molecular complexity index is 610. The van der Waals surface area contributed by atoms with E-state index in [4.69, 9.17) is 0 Å². The summed E-state index contributed by atoms with van der Waals surface area (Å²) in [5, 5.41) is 10.9. The number of nitro groups is 1. The SMILES string of the molecule is CCOC(=O)Cc1cc(=O)[nH]c(OC(F)(F)F)c1[N+](=O)[O-]. The third kappa shape index (κ3) is 4.78. The maximum absolute atomic E-state index is 12.2. The summed E-state index contributed by atoms with van der Waals surface area (Å²) in [5.41, 5.74) is -2.78. The Morgan fingerprint density at radius 1 is 1.48 bits per heavy atom. The maximum atomic E-state index is 12.2. The van der Waals surface area contributed by atoms with Crippen LogP contribution in [0.3, 0.4) is 0 Å². The Balaban J connectivity index is 3.32. The third-order valence-corrected chi connectivity index (χ3v) is 2.10. The number of alkyl halides is 3. The van der Waals surface area contributed by atoms with Crippen molar-refractivity contribution >= 4 is 11.7 Å². The van der Waals surface area contributed by atoms with E-state index in [-0.39, 0.29) is 6.61 Å². The van der Waals surface area contributed by atoms with Gasteiger partial charge in [-0.25, -0.2) is 0 Å². The molecule has 0 aromatic carbocycles. The molecule has 116 valence electrons. The summed E-state index contributed by atoms with van der Waals surface area (Å²) in [6.07, 6.45) is -5.97. The number of pyridine rings is 1. The molecule has 0 aliphatic heterocycles. The molecule has 1 aromatic rings. The van der Waals surface area contributed by atoms with E-state index in [2.05, 4.69) is 9.47 Å². The first-order valence-electron chi connectivity index (χ1n) is 5.46. The Kier molecular flexibility index (Phi) is 4.89. The molecule has 1 N–H and O–H groups in total. The van der Waals surface area contributed by atoms with Gasteiger partial charge in [-0.2, -0.15) is 0 Å². The van der Waals surface area contributed by atoms with Crippen molar-refractivity contribution in [3.63, 3.8) is 0 Å². The topological polar surface area (TPSA) is 112 Å². The molecule has 0 radical (unpaired) electrons. The number of hydrogen-bond donors (Lipinski definition) is 1. The number of hydrogen-bond acceptors (Lipinski definition) is 6. The first kappa shape index (κ1) is 16.5. The zero-order chi connectivity index (χ0) is 16.2. The summed E-state index contributed by atoms with van der Waals surface area (Å²) >= 11 is 0. The van der Waals surface area contributed by atoms with Crippen LogP contribution in [0.5, 0.6) is 5.88 Å². The number of rotatable bonds is 5. The average Bonchev–Trinajstić information content (AvgIpc) is 2.24. The van der Waals surface area contributed by atoms with Crippen LogP contribution in [0.4, 0.5) is 18.9 Å². The van der Waals surface area contributed by atoms with Gasteiger partial charge in [0.15, 0.2) is 0 Å². The Morgan fingerprint density at radius 3 is 2.57 bits per heavy atom. The van der Waals surface area contributed by atoms with Gasteiger partial charge in [-0.15, -0.1) is 13.2 Å². The molecule has 0 atom stereocenters. The number of ether oxygens (including phenoxy) is 2. The van der Waals surface area contributed by atoms with E-state index in [1.807, 2.05) is 0 Å². The molecular weight excluding hydrogens is 301 g/mol. The highest BCUT2D eigenvalue weighted by molar-refractivity contribution is 5.74. The monoisotopic (exact) mass is 310 g/mol. The van der Waals surface area contributed by atoms with Crippen molar-refractivity contribution in [2.75, 3.05) is 6.61 Å². The Hall–Kier alpha value is -2.59. The van der Waals surface area contributed by atoms with Crippen LogP contribution in [0.15, 0.2) is 10.9 Å². The van der Waals surface area contributed by atoms with Gasteiger partial charge < -0.3 is 9.47 Å². The fourth-order valence-electron chi connectivity index (χ4n) is 1.47. The molecule has 1 heterocycles. The number of carbonyl (C=O) groups excluding carboxylic acids is 1. The molecule has 0 aliphatic carbocycles. The lowest BCUT2D eigenvalue weighted by Crippen LogP contribution is -2.22. The van der Waals surface area contributed by atoms with Crippen molar-refractivity contribution in [3.05, 3.63) is 32.1 Å². The zero-order valence-corrected chi connectivity index (χ0v) is 10.5. The summed E-state index contributed by atoms with van der Waals surface area (Å²) in [4.78, 5) is 33.8. The minimum Gasteiger partial charge on any atom is -0.466 e. The fourth-order valence-corrected chi connectivity index (χ4v) is 1.47. The van der Waals surface area contributed by atoms with Crippen LogP contribution in [0.2, 0.25) is 0 Å². The smallest absolute Gasteiger partial charge is 0.466 e. The highest BCUT2D eigenvalue weighted by Gasteiger charge is 2.36. The molecule has 0 spiro atoms. The van der Waals surface area contributed by atoms with Gasteiger partial charge in [-0.05, 0) is 6.92 Å². The summed E-state index contributed by atoms with van der Waals surface area (Å²) in [6, 6.07) is 0.637. The second-order valence-corrected chi connectivity index (χ2v) is 3.62. The molecule has 0 saturated heterocycles. The van der Waals surface area contributed by atoms with Crippen molar-refractivity contribution < 1.29 is 32.4 Å². The molecule has 0 fully saturated rings. The van der Waals surface area contributed by atoms with Crippen LogP contribution in [-0.2, 0) is 16.0 Å². The molecule has 1 rings (SSSR count). The van der Waals surface area contributed by atoms with Crippen molar-refractivity contribution in [2.45, 2.75) is 19.7 Å². The van der Waals surface area contributed by atoms with E-state index >= 15 is 0 Å². The van der Waals surface area contributed by atoms with Crippen molar-refractivity contribution in [1.82, 2.24) is 4.98 Å². The summed E-state index contributed by atoms with van der Waals surface area (Å²) < 4.78 is 44.5. The van der Waals surface area contributed by atoms with Gasteiger partial charge in [-0.3, -0.25) is 24.7 Å². The molecule has 1 aromatic heterocycles. The van der Waals surface area contributed by atoms with Crippen LogP contribution in [0.1, 0.15) is 12.5 Å².